The van der Waals surface area contributed by atoms with E-state index in [1.165, 1.54) is 11.4 Å². The number of fused-ring (bicyclic) bond motifs is 1. The van der Waals surface area contributed by atoms with Crippen LogP contribution < -0.4 is 20.1 Å². The van der Waals surface area contributed by atoms with Crippen molar-refractivity contribution in [2.45, 2.75) is 30.7 Å². The van der Waals surface area contributed by atoms with E-state index >= 15 is 0 Å². The number of nitrogens with one attached hydrogen (secondary N) is 2. The van der Waals surface area contributed by atoms with E-state index in [0.717, 1.165) is 5.56 Å². The molecule has 1 unspecified atom stereocenters. The predicted octanol–water partition coefficient (Wildman–Crippen LogP) is 1.69. The number of amides is 2. The van der Waals surface area contributed by atoms with Crippen molar-refractivity contribution in [1.82, 2.24) is 14.9 Å². The van der Waals surface area contributed by atoms with Crippen LogP contribution in [0.1, 0.15) is 28.8 Å². The minimum atomic E-state index is -3.63. The van der Waals surface area contributed by atoms with Crippen LogP contribution in [-0.2, 0) is 19.6 Å². The smallest absolute Gasteiger partial charge is 0.252 e. The molecular formula is C25H31N3O7S. The van der Waals surface area contributed by atoms with Crippen molar-refractivity contribution < 1.29 is 32.2 Å². The normalized spacial score (nSPS) is 16.9. The standard InChI is InChI=1S/C25H31N3O7S/c1-17-3-6-20(7-4-17)36(31,32)28-12-9-18(10-13-28)23(25(30)26-11-14-33-2)27-24(29)19-5-8-21-22(15-19)35-16-34-21/h3-8,15,18,23H,9-14,16H2,1-2H3,(H,26,30)(H,27,29). The van der Waals surface area contributed by atoms with Gasteiger partial charge in [0.05, 0.1) is 11.5 Å². The molecule has 1 fully saturated rings. The highest BCUT2D eigenvalue weighted by Crippen LogP contribution is 2.33. The average Bonchev–Trinajstić information content (AvgIpc) is 3.35. The van der Waals surface area contributed by atoms with E-state index < -0.39 is 22.0 Å². The number of methoxy groups -OCH3 is 1. The molecule has 10 nitrogen and oxygen atoms in total. The van der Waals surface area contributed by atoms with Gasteiger partial charge in [0.25, 0.3) is 5.91 Å². The summed E-state index contributed by atoms with van der Waals surface area (Å²) >= 11 is 0. The lowest BCUT2D eigenvalue weighted by atomic mass is 9.89. The Labute approximate surface area is 211 Å². The van der Waals surface area contributed by atoms with Crippen LogP contribution in [-0.4, -0.2) is 70.7 Å². The fourth-order valence-corrected chi connectivity index (χ4v) is 5.82. The van der Waals surface area contributed by atoms with Crippen LogP contribution in [0.25, 0.3) is 0 Å². The van der Waals surface area contributed by atoms with Gasteiger partial charge in [-0.1, -0.05) is 17.7 Å². The van der Waals surface area contributed by atoms with Gasteiger partial charge in [-0.2, -0.15) is 4.31 Å². The molecule has 0 saturated carbocycles. The van der Waals surface area contributed by atoms with Crippen molar-refractivity contribution in [2.24, 2.45) is 5.92 Å². The van der Waals surface area contributed by atoms with Crippen LogP contribution in [0.4, 0.5) is 0 Å². The van der Waals surface area contributed by atoms with Gasteiger partial charge in [-0.15, -0.1) is 0 Å². The molecule has 4 rings (SSSR count). The van der Waals surface area contributed by atoms with Crippen LogP contribution >= 0.6 is 0 Å². The molecule has 1 atom stereocenters. The Morgan fingerprint density at radius 3 is 2.47 bits per heavy atom. The van der Waals surface area contributed by atoms with Crippen molar-refractivity contribution in [3.63, 3.8) is 0 Å². The SMILES string of the molecule is COCCNC(=O)C(NC(=O)c1ccc2c(c1)OCO2)C1CCN(S(=O)(=O)c2ccc(C)cc2)CC1. The van der Waals surface area contributed by atoms with E-state index in [4.69, 9.17) is 14.2 Å². The van der Waals surface area contributed by atoms with E-state index in [1.54, 1.807) is 42.5 Å². The summed E-state index contributed by atoms with van der Waals surface area (Å²) in [6.07, 6.45) is 0.851. The number of carbonyl (C=O) groups is 2. The van der Waals surface area contributed by atoms with Crippen LogP contribution in [0, 0.1) is 12.8 Å². The summed E-state index contributed by atoms with van der Waals surface area (Å²) in [6, 6.07) is 10.8. The monoisotopic (exact) mass is 517 g/mol. The zero-order chi connectivity index (χ0) is 25.7. The van der Waals surface area contributed by atoms with E-state index in [2.05, 4.69) is 10.6 Å². The van der Waals surface area contributed by atoms with Gasteiger partial charge < -0.3 is 24.8 Å². The number of ether oxygens (including phenoxy) is 3. The zero-order valence-electron chi connectivity index (χ0n) is 20.4. The first-order valence-electron chi connectivity index (χ1n) is 11.8. The Bertz CT molecular complexity index is 1190. The molecule has 2 aliphatic heterocycles. The molecule has 0 spiro atoms. The Hall–Kier alpha value is -3.15. The first kappa shape index (κ1) is 25.9. The van der Waals surface area contributed by atoms with Gasteiger partial charge in [0.1, 0.15) is 6.04 Å². The summed E-state index contributed by atoms with van der Waals surface area (Å²) in [4.78, 5) is 26.3. The van der Waals surface area contributed by atoms with Crippen molar-refractivity contribution >= 4 is 21.8 Å². The summed E-state index contributed by atoms with van der Waals surface area (Å²) in [7, 11) is -2.10. The molecule has 0 aromatic heterocycles. The van der Waals surface area contributed by atoms with Crippen molar-refractivity contribution in [2.75, 3.05) is 40.1 Å². The first-order chi connectivity index (χ1) is 17.3. The van der Waals surface area contributed by atoms with E-state index in [1.807, 2.05) is 6.92 Å². The Balaban J connectivity index is 1.46. The van der Waals surface area contributed by atoms with E-state index in [-0.39, 0.29) is 36.6 Å². The van der Waals surface area contributed by atoms with Crippen LogP contribution in [0.5, 0.6) is 11.5 Å². The summed E-state index contributed by atoms with van der Waals surface area (Å²) in [5.41, 5.74) is 1.32. The average molecular weight is 518 g/mol. The van der Waals surface area contributed by atoms with Gasteiger partial charge in [0, 0.05) is 32.3 Å². The van der Waals surface area contributed by atoms with Gasteiger partial charge in [0.2, 0.25) is 22.7 Å². The molecule has 2 heterocycles. The lowest BCUT2D eigenvalue weighted by Crippen LogP contribution is -2.54. The molecule has 0 aliphatic carbocycles. The number of nitrogens with zero attached hydrogens (tertiary/aromatic N) is 1. The number of piperidine rings is 1. The Kier molecular flexibility index (Phi) is 8.12. The van der Waals surface area contributed by atoms with Gasteiger partial charge in [-0.25, -0.2) is 8.42 Å². The molecule has 194 valence electrons. The van der Waals surface area contributed by atoms with Gasteiger partial charge in [0.15, 0.2) is 11.5 Å². The largest absolute Gasteiger partial charge is 0.454 e. The van der Waals surface area contributed by atoms with Crippen molar-refractivity contribution in [3.8, 4) is 11.5 Å². The third-order valence-electron chi connectivity index (χ3n) is 6.44. The summed E-state index contributed by atoms with van der Waals surface area (Å²) in [6.45, 7) is 3.13. The van der Waals surface area contributed by atoms with Gasteiger partial charge >= 0.3 is 0 Å². The molecule has 36 heavy (non-hydrogen) atoms. The lowest BCUT2D eigenvalue weighted by Gasteiger charge is -2.35. The second-order valence-electron chi connectivity index (χ2n) is 8.86. The molecule has 2 amide bonds. The third-order valence-corrected chi connectivity index (χ3v) is 8.35. The number of hydrogen-bond donors (Lipinski definition) is 2. The highest BCUT2D eigenvalue weighted by molar-refractivity contribution is 7.89. The topological polar surface area (TPSA) is 123 Å². The molecule has 2 aromatic carbocycles. The molecule has 11 heteroatoms. The molecule has 2 aromatic rings. The second-order valence-corrected chi connectivity index (χ2v) is 10.8. The number of benzene rings is 2. The fraction of sp³-hybridized carbons (Fsp3) is 0.440. The maximum absolute atomic E-state index is 13.1. The number of carbonyl (C=O) groups excluding carboxylic acids is 2. The van der Waals surface area contributed by atoms with Crippen LogP contribution in [0.15, 0.2) is 47.4 Å². The molecule has 1 saturated heterocycles. The number of rotatable bonds is 9. The number of sulfonamides is 1. The zero-order valence-corrected chi connectivity index (χ0v) is 21.2. The molecule has 0 radical (unpaired) electrons. The lowest BCUT2D eigenvalue weighted by molar-refractivity contribution is -0.124. The molecule has 2 aliphatic rings. The minimum absolute atomic E-state index is 0.0923. The quantitative estimate of drug-likeness (QED) is 0.485. The third kappa shape index (κ3) is 5.80. The van der Waals surface area contributed by atoms with Crippen molar-refractivity contribution in [3.05, 3.63) is 53.6 Å². The summed E-state index contributed by atoms with van der Waals surface area (Å²) < 4.78 is 43.3. The highest BCUT2D eigenvalue weighted by atomic mass is 32.2. The summed E-state index contributed by atoms with van der Waals surface area (Å²) in [5.74, 6) is 0.0341. The summed E-state index contributed by atoms with van der Waals surface area (Å²) in [5, 5.41) is 5.65. The molecule has 0 bridgehead atoms. The Morgan fingerprint density at radius 2 is 1.78 bits per heavy atom. The maximum Gasteiger partial charge on any atom is 0.252 e. The second kappa shape index (κ2) is 11.3. The first-order valence-corrected chi connectivity index (χ1v) is 13.3. The minimum Gasteiger partial charge on any atom is -0.454 e. The maximum atomic E-state index is 13.1. The number of hydrogen-bond acceptors (Lipinski definition) is 7. The van der Waals surface area contributed by atoms with E-state index in [0.29, 0.717) is 43.1 Å². The van der Waals surface area contributed by atoms with Crippen molar-refractivity contribution in [1.29, 1.82) is 0 Å². The van der Waals surface area contributed by atoms with E-state index in [9.17, 15) is 18.0 Å². The molecular weight excluding hydrogens is 486 g/mol. The Morgan fingerprint density at radius 1 is 1.08 bits per heavy atom. The van der Waals surface area contributed by atoms with Crippen LogP contribution in [0.3, 0.4) is 0 Å². The van der Waals surface area contributed by atoms with Crippen LogP contribution in [0.2, 0.25) is 0 Å². The number of aryl methyl sites for hydroxylation is 1. The van der Waals surface area contributed by atoms with Gasteiger partial charge in [-0.3, -0.25) is 9.59 Å². The van der Waals surface area contributed by atoms with Gasteiger partial charge in [-0.05, 0) is 56.0 Å². The molecule has 2 N–H and O–H groups in total. The predicted molar refractivity (Wildman–Crippen MR) is 131 cm³/mol. The highest BCUT2D eigenvalue weighted by Gasteiger charge is 2.36. The fourth-order valence-electron chi connectivity index (χ4n) is 4.35.